The zero-order valence-electron chi connectivity index (χ0n) is 55.8. The Balaban J connectivity index is 1.30. The van der Waals surface area contributed by atoms with Crippen LogP contribution in [0.3, 0.4) is 0 Å². The maximum absolute atomic E-state index is 14.6. The number of nitrogens with two attached hydrogens (primary N) is 3. The molecule has 1 aromatic heterocycles. The lowest BCUT2D eigenvalue weighted by atomic mass is 10.0. The largest absolute Gasteiger partial charge is 0.508 e. The lowest BCUT2D eigenvalue weighted by Gasteiger charge is -2.30. The molecule has 1 aliphatic rings. The normalized spacial score (nSPS) is 15.2. The minimum Gasteiger partial charge on any atom is -0.508 e. The molecule has 10 atom stereocenters. The Kier molecular flexibility index (Phi) is 34.3. The van der Waals surface area contributed by atoms with E-state index in [1.54, 1.807) is 60.8 Å². The zero-order chi connectivity index (χ0) is 74.1. The van der Waals surface area contributed by atoms with Crippen LogP contribution in [0.2, 0.25) is 0 Å². The van der Waals surface area contributed by atoms with Crippen molar-refractivity contribution in [1.29, 1.82) is 0 Å². The number of benzene rings is 3. The summed E-state index contributed by atoms with van der Waals surface area (Å²) in [7, 11) is 0. The molecule has 101 heavy (non-hydrogen) atoms. The molecule has 5 rings (SSSR count). The number of phenolic OH excluding ortho intramolecular Hbond substituents is 1. The molecule has 1 aliphatic heterocycles. The zero-order valence-corrected chi connectivity index (χ0v) is 57.6. The number of carbonyl (C=O) groups excluding carboxylic acids is 12. The molecule has 1 saturated heterocycles. The molecule has 0 radical (unpaired) electrons. The van der Waals surface area contributed by atoms with Crippen LogP contribution in [0.1, 0.15) is 87.8 Å². The van der Waals surface area contributed by atoms with Crippen molar-refractivity contribution in [3.05, 3.63) is 102 Å². The number of carboxylic acids is 2. The summed E-state index contributed by atoms with van der Waals surface area (Å²) in [5, 5.41) is 57.3. The molecule has 550 valence electrons. The van der Waals surface area contributed by atoms with Gasteiger partial charge in [0.15, 0.2) is 0 Å². The van der Waals surface area contributed by atoms with Gasteiger partial charge >= 0.3 is 11.9 Å². The number of fused-ring (bicyclic) bond motifs is 1. The van der Waals surface area contributed by atoms with E-state index in [2.05, 4.69) is 88.7 Å². The second-order valence-corrected chi connectivity index (χ2v) is 24.9. The van der Waals surface area contributed by atoms with Gasteiger partial charge in [0.05, 0.1) is 25.7 Å². The summed E-state index contributed by atoms with van der Waals surface area (Å²) >= 11 is 8.43. The number of carboxylic acid groups (broad SMARTS) is 2. The number of amides is 12. The lowest BCUT2D eigenvalue weighted by Crippen LogP contribution is -2.60. The third-order valence-corrected chi connectivity index (χ3v) is 17.0. The van der Waals surface area contributed by atoms with Gasteiger partial charge in [-0.15, -0.1) is 0 Å². The van der Waals surface area contributed by atoms with Crippen LogP contribution in [0.15, 0.2) is 85.1 Å². The Hall–Kier alpha value is -9.84. The third-order valence-electron chi connectivity index (χ3n) is 16.3. The molecule has 0 bridgehead atoms. The molecule has 4 aromatic rings. The minimum atomic E-state index is -1.71. The van der Waals surface area contributed by atoms with Crippen molar-refractivity contribution in [3.63, 3.8) is 0 Å². The molecule has 0 aliphatic carbocycles. The number of nitrogens with one attached hydrogen (secondary N) is 12. The van der Waals surface area contributed by atoms with Crippen molar-refractivity contribution >= 4 is 119 Å². The van der Waals surface area contributed by atoms with E-state index >= 15 is 0 Å². The van der Waals surface area contributed by atoms with Gasteiger partial charge in [0.25, 0.3) is 0 Å². The molecule has 0 spiro atoms. The van der Waals surface area contributed by atoms with Crippen LogP contribution in [0.5, 0.6) is 5.75 Å². The van der Waals surface area contributed by atoms with Gasteiger partial charge in [0.2, 0.25) is 70.9 Å². The Bertz CT molecular complexity index is 3510. The molecular formula is C66H92N16O17S2. The van der Waals surface area contributed by atoms with Crippen molar-refractivity contribution in [1.82, 2.24) is 68.4 Å². The maximum atomic E-state index is 14.6. The summed E-state index contributed by atoms with van der Waals surface area (Å²) in [5.74, 6) is -13.6. The van der Waals surface area contributed by atoms with Gasteiger partial charge in [0.1, 0.15) is 60.1 Å². The van der Waals surface area contributed by atoms with Crippen LogP contribution in [0, 0.1) is 0 Å². The van der Waals surface area contributed by atoms with Crippen LogP contribution >= 0.6 is 25.3 Å². The molecule has 1 fully saturated rings. The van der Waals surface area contributed by atoms with Crippen LogP contribution < -0.4 is 75.7 Å². The molecule has 3 aromatic carbocycles. The lowest BCUT2D eigenvalue weighted by molar-refractivity contribution is -0.142. The number of phenols is 1. The van der Waals surface area contributed by atoms with Gasteiger partial charge in [-0.3, -0.25) is 62.3 Å². The van der Waals surface area contributed by atoms with E-state index in [0.717, 1.165) is 0 Å². The van der Waals surface area contributed by atoms with Crippen molar-refractivity contribution < 1.29 is 82.4 Å². The highest BCUT2D eigenvalue weighted by Crippen LogP contribution is 2.23. The summed E-state index contributed by atoms with van der Waals surface area (Å²) in [6, 6.07) is 7.97. The number of rotatable bonds is 43. The van der Waals surface area contributed by atoms with Crippen LogP contribution in [-0.4, -0.2) is 219 Å². The first-order valence-electron chi connectivity index (χ1n) is 33.0. The van der Waals surface area contributed by atoms with Crippen LogP contribution in [0.25, 0.3) is 10.9 Å². The molecule has 33 nitrogen and oxygen atoms in total. The summed E-state index contributed by atoms with van der Waals surface area (Å²) < 4.78 is 0. The fourth-order valence-electron chi connectivity index (χ4n) is 10.8. The number of aliphatic carboxylic acids is 2. The predicted molar refractivity (Wildman–Crippen MR) is 375 cm³/mol. The van der Waals surface area contributed by atoms with Crippen LogP contribution in [-0.2, 0) is 86.4 Å². The van der Waals surface area contributed by atoms with Gasteiger partial charge in [-0.25, -0.2) is 4.79 Å². The van der Waals surface area contributed by atoms with Crippen molar-refractivity contribution in [2.24, 2.45) is 17.2 Å². The summed E-state index contributed by atoms with van der Waals surface area (Å²) in [6.45, 7) is -0.127. The monoisotopic (exact) mass is 1440 g/mol. The molecule has 2 heterocycles. The second-order valence-electron chi connectivity index (χ2n) is 24.1. The Morgan fingerprint density at radius 2 is 1.01 bits per heavy atom. The predicted octanol–water partition coefficient (Wildman–Crippen LogP) is -3.47. The number of hydrogen-bond donors (Lipinski definition) is 20. The Labute approximate surface area is 593 Å². The molecule has 35 heteroatoms. The number of hydrogen-bond acceptors (Lipinski definition) is 20. The maximum Gasteiger partial charge on any atom is 0.326 e. The van der Waals surface area contributed by atoms with Gasteiger partial charge in [-0.05, 0) is 113 Å². The summed E-state index contributed by atoms with van der Waals surface area (Å²) in [5.41, 5.74) is 19.3. The number of aromatic nitrogens is 1. The molecule has 0 unspecified atom stereocenters. The first kappa shape index (κ1) is 81.8. The third kappa shape index (κ3) is 27.3. The molecule has 21 N–H and O–H groups in total. The van der Waals surface area contributed by atoms with E-state index in [1.165, 1.54) is 36.1 Å². The number of nitrogens with zero attached hydrogens (tertiary/aromatic N) is 1. The first-order chi connectivity index (χ1) is 48.2. The average Bonchev–Trinajstić information content (AvgIpc) is 1.72. The number of unbranched alkanes of at least 4 members (excludes halogenated alkanes) is 2. The number of aromatic amines is 1. The van der Waals surface area contributed by atoms with E-state index < -0.39 is 176 Å². The number of aromatic hydroxyl groups is 1. The van der Waals surface area contributed by atoms with Crippen molar-refractivity contribution in [3.8, 4) is 5.75 Å². The molecule has 12 amide bonds. The number of likely N-dealkylation sites (tertiary alicyclic amines) is 1. The molecule has 0 saturated carbocycles. The van der Waals surface area contributed by atoms with E-state index in [9.17, 15) is 82.4 Å². The molecular weight excluding hydrogens is 1350 g/mol. The Morgan fingerprint density at radius 3 is 1.62 bits per heavy atom. The van der Waals surface area contributed by atoms with Gasteiger partial charge in [-0.1, -0.05) is 60.7 Å². The number of carbonyl (C=O) groups is 14. The smallest absolute Gasteiger partial charge is 0.326 e. The number of H-pyrrole nitrogens is 1. The highest BCUT2D eigenvalue weighted by molar-refractivity contribution is 7.80. The first-order valence-corrected chi connectivity index (χ1v) is 34.2. The van der Waals surface area contributed by atoms with E-state index in [1.807, 2.05) is 0 Å². The fraction of sp³-hybridized carbons (Fsp3) is 0.485. The second kappa shape index (κ2) is 42.3. The van der Waals surface area contributed by atoms with Crippen LogP contribution in [0.4, 0.5) is 0 Å². The van der Waals surface area contributed by atoms with Crippen molar-refractivity contribution in [2.75, 3.05) is 50.8 Å². The SMILES string of the molecule is C[C@H](N)C(=O)N[C@@H](CS)C(=O)N[C@@H](Cc1ccccc1)C(=O)N1CCC[C@H]1C(=O)N[C@@H](Cc1c[nH]c2ccccc12)C(=O)NCC(=O)N[C@@H](CCCCN)C(=O)N[C@@H](CCC(=O)O)C(=O)N[C@@H](Cc1ccc(O)cc1)C(=O)N[C@@H](CS)C(=O)NCC(=O)NCC(=O)N[C@@H](CCCCN)C(=O)O. The van der Waals surface area contributed by atoms with Gasteiger partial charge < -0.3 is 101 Å². The van der Waals surface area contributed by atoms with Gasteiger partial charge in [-0.2, -0.15) is 25.3 Å². The highest BCUT2D eigenvalue weighted by atomic mass is 32.1. The summed E-state index contributed by atoms with van der Waals surface area (Å²) in [6.07, 6.45) is 1.97. The van der Waals surface area contributed by atoms with E-state index in [0.29, 0.717) is 59.8 Å². The number of para-hydroxylation sites is 1. The topological polar surface area (TPSA) is 529 Å². The quantitative estimate of drug-likeness (QED) is 0.0151. The van der Waals surface area contributed by atoms with Gasteiger partial charge in [0, 0.05) is 60.8 Å². The standard InChI is InChI=1S/C66H92N16O17S2/c1-37(69)57(89)80-51(36-101)63(95)79-49(29-38-12-3-2-4-13-38)65(97)82-27-11-18-52(82)64(96)78-48(30-40-31-70-43-15-6-5-14-42(40)43)58(90)73-34-55(86)74-44(16-7-9-25-67)60(92)76-45(23-24-56(87)88)61(93)77-47(28-39-19-21-41(83)22-20-39)62(94)81-50(35-100)59(91)72-32-53(84)71-33-54(85)75-46(66(98)99)17-8-10-26-68/h2-6,12-15,19-22,31,37,44-52,70,83,100-101H,7-11,16-18,23-30,32-36,67-69H2,1H3,(H,71,84)(H,72,91)(H,73,90)(H,74,86)(H,75,85)(H,76,92)(H,77,93)(H,78,96)(H,79,95)(H,80,89)(H,81,94)(H,87,88)(H,98,99)/t37-,44-,45-,46-,47-,48-,49-,50-,51-,52-/m0/s1. The highest BCUT2D eigenvalue weighted by Gasteiger charge is 2.40. The average molecular weight is 1450 g/mol. The van der Waals surface area contributed by atoms with Crippen molar-refractivity contribution in [2.45, 2.75) is 151 Å². The number of thiol groups is 2. The van der Waals surface area contributed by atoms with E-state index in [-0.39, 0.29) is 75.3 Å². The summed E-state index contributed by atoms with van der Waals surface area (Å²) in [4.78, 5) is 193. The fourth-order valence-corrected chi connectivity index (χ4v) is 11.3. The Morgan fingerprint density at radius 1 is 0.525 bits per heavy atom. The minimum absolute atomic E-state index is 0.00719. The van der Waals surface area contributed by atoms with E-state index in [4.69, 9.17) is 17.2 Å².